The highest BCUT2D eigenvalue weighted by molar-refractivity contribution is 6.03. The Kier molecular flexibility index (Phi) is 2.93. The SMILES string of the molecule is CC1(C)c2ccc(-c3ccccc3)cc2-c2c1ccc1ccccc21. The molecule has 0 aromatic heterocycles. The minimum absolute atomic E-state index is 0.0456. The second-order valence-electron chi connectivity index (χ2n) is 7.46. The Bertz CT molecular complexity index is 1100. The standard InChI is InChI=1S/C25H20/c1-25(2)22-14-13-19(17-8-4-3-5-9-17)16-21(22)24-20-11-7-6-10-18(20)12-15-23(24)25/h3-16H,1-2H3. The number of benzene rings is 4. The molecule has 0 amide bonds. The van der Waals surface area contributed by atoms with E-state index in [9.17, 15) is 0 Å². The first-order valence-electron chi connectivity index (χ1n) is 8.89. The number of fused-ring (bicyclic) bond motifs is 5. The van der Waals surface area contributed by atoms with Crippen LogP contribution in [0.15, 0.2) is 84.9 Å². The Morgan fingerprint density at radius 3 is 2.16 bits per heavy atom. The summed E-state index contributed by atoms with van der Waals surface area (Å²) in [6.45, 7) is 4.68. The summed E-state index contributed by atoms with van der Waals surface area (Å²) in [5.74, 6) is 0. The van der Waals surface area contributed by atoms with E-state index in [1.54, 1.807) is 0 Å². The van der Waals surface area contributed by atoms with Crippen molar-refractivity contribution in [1.29, 1.82) is 0 Å². The molecule has 0 saturated carbocycles. The maximum Gasteiger partial charge on any atom is 0.0159 e. The maximum atomic E-state index is 2.38. The normalized spacial score (nSPS) is 14.3. The van der Waals surface area contributed by atoms with E-state index in [4.69, 9.17) is 0 Å². The third-order valence-electron chi connectivity index (χ3n) is 5.67. The van der Waals surface area contributed by atoms with Crippen LogP contribution in [0.5, 0.6) is 0 Å². The largest absolute Gasteiger partial charge is 0.0622 e. The zero-order valence-electron chi connectivity index (χ0n) is 14.6. The molecule has 0 unspecified atom stereocenters. The van der Waals surface area contributed by atoms with Crippen molar-refractivity contribution in [2.45, 2.75) is 19.3 Å². The van der Waals surface area contributed by atoms with Gasteiger partial charge in [-0.1, -0.05) is 92.7 Å². The molecule has 0 heteroatoms. The molecular formula is C25H20. The lowest BCUT2D eigenvalue weighted by Gasteiger charge is -2.21. The monoisotopic (exact) mass is 320 g/mol. The van der Waals surface area contributed by atoms with Crippen molar-refractivity contribution < 1.29 is 0 Å². The van der Waals surface area contributed by atoms with Gasteiger partial charge >= 0.3 is 0 Å². The minimum atomic E-state index is 0.0456. The van der Waals surface area contributed by atoms with Gasteiger partial charge in [0.2, 0.25) is 0 Å². The second-order valence-corrected chi connectivity index (χ2v) is 7.46. The highest BCUT2D eigenvalue weighted by Crippen LogP contribution is 2.51. The van der Waals surface area contributed by atoms with Crippen LogP contribution in [0, 0.1) is 0 Å². The van der Waals surface area contributed by atoms with E-state index in [0.29, 0.717) is 0 Å². The molecule has 0 saturated heterocycles. The van der Waals surface area contributed by atoms with Crippen molar-refractivity contribution in [3.05, 3.63) is 96.1 Å². The molecule has 4 aromatic rings. The number of hydrogen-bond donors (Lipinski definition) is 0. The van der Waals surface area contributed by atoms with Crippen LogP contribution in [0.1, 0.15) is 25.0 Å². The quantitative estimate of drug-likeness (QED) is 0.361. The Labute approximate surface area is 148 Å². The van der Waals surface area contributed by atoms with E-state index >= 15 is 0 Å². The van der Waals surface area contributed by atoms with Crippen molar-refractivity contribution in [3.63, 3.8) is 0 Å². The minimum Gasteiger partial charge on any atom is -0.0622 e. The number of rotatable bonds is 1. The van der Waals surface area contributed by atoms with Gasteiger partial charge in [0.1, 0.15) is 0 Å². The summed E-state index contributed by atoms with van der Waals surface area (Å²) < 4.78 is 0. The van der Waals surface area contributed by atoms with Crippen LogP contribution >= 0.6 is 0 Å². The highest BCUT2D eigenvalue weighted by atomic mass is 14.4. The summed E-state index contributed by atoms with van der Waals surface area (Å²) in [7, 11) is 0. The molecule has 25 heavy (non-hydrogen) atoms. The Morgan fingerprint density at radius 2 is 1.32 bits per heavy atom. The second kappa shape index (κ2) is 5.07. The van der Waals surface area contributed by atoms with Gasteiger partial charge in [0.15, 0.2) is 0 Å². The Balaban J connectivity index is 1.85. The van der Waals surface area contributed by atoms with Gasteiger partial charge in [0, 0.05) is 5.41 Å². The van der Waals surface area contributed by atoms with Crippen LogP contribution in [-0.4, -0.2) is 0 Å². The molecule has 0 atom stereocenters. The van der Waals surface area contributed by atoms with Gasteiger partial charge in [0.25, 0.3) is 0 Å². The van der Waals surface area contributed by atoms with Crippen LogP contribution in [0.2, 0.25) is 0 Å². The first kappa shape index (κ1) is 14.5. The predicted molar refractivity (Wildman–Crippen MR) is 107 cm³/mol. The van der Waals surface area contributed by atoms with Crippen molar-refractivity contribution in [2.75, 3.05) is 0 Å². The van der Waals surface area contributed by atoms with Gasteiger partial charge in [-0.15, -0.1) is 0 Å². The molecule has 0 bridgehead atoms. The van der Waals surface area contributed by atoms with Crippen molar-refractivity contribution in [3.8, 4) is 22.3 Å². The molecule has 0 N–H and O–H groups in total. The van der Waals surface area contributed by atoms with Gasteiger partial charge in [-0.25, -0.2) is 0 Å². The average Bonchev–Trinajstić information content (AvgIpc) is 2.90. The predicted octanol–water partition coefficient (Wildman–Crippen LogP) is 6.81. The van der Waals surface area contributed by atoms with E-state index in [-0.39, 0.29) is 5.41 Å². The maximum absolute atomic E-state index is 2.38. The van der Waals surface area contributed by atoms with E-state index in [1.165, 1.54) is 44.2 Å². The highest BCUT2D eigenvalue weighted by Gasteiger charge is 2.36. The third kappa shape index (κ3) is 2.01. The van der Waals surface area contributed by atoms with E-state index in [0.717, 1.165) is 0 Å². The molecule has 1 aliphatic rings. The van der Waals surface area contributed by atoms with Gasteiger partial charge < -0.3 is 0 Å². The van der Waals surface area contributed by atoms with E-state index in [1.807, 2.05) is 0 Å². The summed E-state index contributed by atoms with van der Waals surface area (Å²) in [4.78, 5) is 0. The molecule has 0 spiro atoms. The van der Waals surface area contributed by atoms with Crippen molar-refractivity contribution in [1.82, 2.24) is 0 Å². The lowest BCUT2D eigenvalue weighted by molar-refractivity contribution is 0.661. The van der Waals surface area contributed by atoms with Crippen molar-refractivity contribution in [2.24, 2.45) is 0 Å². The van der Waals surface area contributed by atoms with Gasteiger partial charge in [-0.3, -0.25) is 0 Å². The first-order valence-corrected chi connectivity index (χ1v) is 8.89. The first-order chi connectivity index (χ1) is 12.2. The summed E-state index contributed by atoms with van der Waals surface area (Å²) in [6.07, 6.45) is 0. The molecule has 0 nitrogen and oxygen atoms in total. The lowest BCUT2D eigenvalue weighted by Crippen LogP contribution is -2.14. The fourth-order valence-electron chi connectivity index (χ4n) is 4.33. The molecule has 0 radical (unpaired) electrons. The number of hydrogen-bond acceptors (Lipinski definition) is 0. The lowest BCUT2D eigenvalue weighted by atomic mass is 9.82. The average molecular weight is 320 g/mol. The molecular weight excluding hydrogens is 300 g/mol. The summed E-state index contributed by atoms with van der Waals surface area (Å²) in [5, 5.41) is 2.67. The molecule has 120 valence electrons. The molecule has 4 aromatic carbocycles. The molecule has 0 heterocycles. The summed E-state index contributed by atoms with van der Waals surface area (Å²) in [5.41, 5.74) is 8.27. The molecule has 1 aliphatic carbocycles. The Hall–Kier alpha value is -2.86. The molecule has 5 rings (SSSR count). The van der Waals surface area contributed by atoms with Gasteiger partial charge in [-0.2, -0.15) is 0 Å². The topological polar surface area (TPSA) is 0 Å². The summed E-state index contributed by atoms with van der Waals surface area (Å²) >= 11 is 0. The zero-order chi connectivity index (χ0) is 17.0. The van der Waals surface area contributed by atoms with Crippen LogP contribution in [0.25, 0.3) is 33.0 Å². The smallest absolute Gasteiger partial charge is 0.0159 e. The zero-order valence-corrected chi connectivity index (χ0v) is 14.6. The summed E-state index contributed by atoms with van der Waals surface area (Å²) in [6, 6.07) is 31.0. The van der Waals surface area contributed by atoms with Crippen LogP contribution < -0.4 is 0 Å². The van der Waals surface area contributed by atoms with Crippen LogP contribution in [0.4, 0.5) is 0 Å². The van der Waals surface area contributed by atoms with Crippen LogP contribution in [-0.2, 0) is 5.41 Å². The fourth-order valence-corrected chi connectivity index (χ4v) is 4.33. The third-order valence-corrected chi connectivity index (χ3v) is 5.67. The fraction of sp³-hybridized carbons (Fsp3) is 0.120. The van der Waals surface area contributed by atoms with Crippen LogP contribution in [0.3, 0.4) is 0 Å². The van der Waals surface area contributed by atoms with Gasteiger partial charge in [-0.05, 0) is 50.2 Å². The van der Waals surface area contributed by atoms with E-state index in [2.05, 4.69) is 98.8 Å². The molecule has 0 aliphatic heterocycles. The Morgan fingerprint density at radius 1 is 0.600 bits per heavy atom. The van der Waals surface area contributed by atoms with Crippen molar-refractivity contribution >= 4 is 10.8 Å². The molecule has 0 fully saturated rings. The van der Waals surface area contributed by atoms with E-state index < -0.39 is 0 Å². The van der Waals surface area contributed by atoms with Gasteiger partial charge in [0.05, 0.1) is 0 Å².